The summed E-state index contributed by atoms with van der Waals surface area (Å²) in [6.07, 6.45) is 0. The maximum atomic E-state index is 4.67. The minimum Gasteiger partial charge on any atom is -0.257 e. The van der Waals surface area contributed by atoms with Gasteiger partial charge in [-0.25, -0.2) is 0 Å². The van der Waals surface area contributed by atoms with Crippen molar-refractivity contribution < 1.29 is 0 Å². The molecule has 1 heteroatoms. The fourth-order valence-corrected chi connectivity index (χ4v) is 1.47. The summed E-state index contributed by atoms with van der Waals surface area (Å²) in [6.45, 7) is 10.9. The van der Waals surface area contributed by atoms with Gasteiger partial charge in [0.2, 0.25) is 0 Å². The van der Waals surface area contributed by atoms with E-state index < -0.39 is 0 Å². The van der Waals surface area contributed by atoms with E-state index in [2.05, 4.69) is 51.7 Å². The molecule has 0 N–H and O–H groups in total. The van der Waals surface area contributed by atoms with Gasteiger partial charge in [-0.1, -0.05) is 33.8 Å². The van der Waals surface area contributed by atoms with E-state index in [0.717, 1.165) is 0 Å². The summed E-state index contributed by atoms with van der Waals surface area (Å²) >= 11 is 0. The third kappa shape index (κ3) is 2.30. The molecule has 0 radical (unpaired) electrons. The van der Waals surface area contributed by atoms with Crippen molar-refractivity contribution in [3.63, 3.8) is 0 Å². The number of rotatable bonds is 2. The van der Waals surface area contributed by atoms with Crippen LogP contribution in [0.15, 0.2) is 12.1 Å². The summed E-state index contributed by atoms with van der Waals surface area (Å²) in [5, 5.41) is 0. The Kier molecular flexibility index (Phi) is 3.07. The normalized spacial score (nSPS) is 11.3. The first-order chi connectivity index (χ1) is 6.02. The predicted molar refractivity (Wildman–Crippen MR) is 57.2 cm³/mol. The number of hydrogen-bond acceptors (Lipinski definition) is 1. The van der Waals surface area contributed by atoms with Gasteiger partial charge in [0.15, 0.2) is 0 Å². The Bertz CT molecular complexity index is 287. The highest BCUT2D eigenvalue weighted by atomic mass is 14.7. The molecule has 0 aliphatic heterocycles. The van der Waals surface area contributed by atoms with Crippen LogP contribution in [0, 0.1) is 6.92 Å². The van der Waals surface area contributed by atoms with Gasteiger partial charge in [0.1, 0.15) is 0 Å². The smallest absolute Gasteiger partial charge is 0.0461 e. The number of nitrogens with zero attached hydrogens (tertiary/aromatic N) is 1. The molecule has 1 nitrogen and oxygen atoms in total. The van der Waals surface area contributed by atoms with Crippen molar-refractivity contribution in [2.24, 2.45) is 0 Å². The van der Waals surface area contributed by atoms with E-state index in [0.29, 0.717) is 11.8 Å². The lowest BCUT2D eigenvalue weighted by Gasteiger charge is -2.12. The maximum absolute atomic E-state index is 4.67. The van der Waals surface area contributed by atoms with Crippen molar-refractivity contribution in [1.29, 1.82) is 0 Å². The monoisotopic (exact) mass is 177 g/mol. The van der Waals surface area contributed by atoms with Crippen molar-refractivity contribution in [3.05, 3.63) is 29.1 Å². The minimum atomic E-state index is 0.526. The molecule has 0 saturated carbocycles. The quantitative estimate of drug-likeness (QED) is 0.672. The number of aromatic nitrogens is 1. The molecule has 0 unspecified atom stereocenters. The van der Waals surface area contributed by atoms with Crippen molar-refractivity contribution in [3.8, 4) is 0 Å². The van der Waals surface area contributed by atoms with Crippen LogP contribution in [-0.2, 0) is 0 Å². The molecule has 13 heavy (non-hydrogen) atoms. The summed E-state index contributed by atoms with van der Waals surface area (Å²) in [6, 6.07) is 4.31. The zero-order chi connectivity index (χ0) is 10.0. The van der Waals surface area contributed by atoms with Crippen LogP contribution >= 0.6 is 0 Å². The first kappa shape index (κ1) is 10.2. The van der Waals surface area contributed by atoms with Gasteiger partial charge in [0, 0.05) is 11.4 Å². The third-order valence-corrected chi connectivity index (χ3v) is 2.30. The van der Waals surface area contributed by atoms with Crippen LogP contribution < -0.4 is 0 Å². The largest absolute Gasteiger partial charge is 0.257 e. The van der Waals surface area contributed by atoms with Crippen LogP contribution in [0.4, 0.5) is 0 Å². The van der Waals surface area contributed by atoms with E-state index >= 15 is 0 Å². The Morgan fingerprint density at radius 3 is 2.08 bits per heavy atom. The van der Waals surface area contributed by atoms with Gasteiger partial charge < -0.3 is 0 Å². The van der Waals surface area contributed by atoms with E-state index in [9.17, 15) is 0 Å². The molecule has 0 bridgehead atoms. The van der Waals surface area contributed by atoms with Crippen molar-refractivity contribution in [2.45, 2.75) is 46.5 Å². The van der Waals surface area contributed by atoms with Crippen LogP contribution in [-0.4, -0.2) is 4.98 Å². The van der Waals surface area contributed by atoms with Gasteiger partial charge in [-0.05, 0) is 30.4 Å². The van der Waals surface area contributed by atoms with E-state index in [1.807, 2.05) is 0 Å². The molecule has 72 valence electrons. The lowest BCUT2D eigenvalue weighted by molar-refractivity contribution is 0.757. The Hall–Kier alpha value is -0.850. The highest BCUT2D eigenvalue weighted by Gasteiger charge is 2.07. The number of hydrogen-bond donors (Lipinski definition) is 0. The SMILES string of the molecule is Cc1ccc(C(C)C)nc1C(C)C. The second kappa shape index (κ2) is 3.91. The summed E-state index contributed by atoms with van der Waals surface area (Å²) in [5.74, 6) is 1.05. The molecule has 0 aliphatic carbocycles. The molecule has 1 heterocycles. The molecular weight excluding hydrogens is 158 g/mol. The van der Waals surface area contributed by atoms with Crippen molar-refractivity contribution >= 4 is 0 Å². The molecule has 0 spiro atoms. The second-order valence-corrected chi connectivity index (χ2v) is 4.25. The highest BCUT2D eigenvalue weighted by Crippen LogP contribution is 2.20. The summed E-state index contributed by atoms with van der Waals surface area (Å²) in [4.78, 5) is 4.67. The summed E-state index contributed by atoms with van der Waals surface area (Å²) in [7, 11) is 0. The summed E-state index contributed by atoms with van der Waals surface area (Å²) in [5.41, 5.74) is 3.75. The fourth-order valence-electron chi connectivity index (χ4n) is 1.47. The lowest BCUT2D eigenvalue weighted by atomic mass is 10.0. The second-order valence-electron chi connectivity index (χ2n) is 4.25. The average molecular weight is 177 g/mol. The first-order valence-electron chi connectivity index (χ1n) is 4.99. The van der Waals surface area contributed by atoms with Crippen LogP contribution in [0.2, 0.25) is 0 Å². The van der Waals surface area contributed by atoms with E-state index in [4.69, 9.17) is 0 Å². The Balaban J connectivity index is 3.11. The highest BCUT2D eigenvalue weighted by molar-refractivity contribution is 5.25. The molecule has 0 aromatic carbocycles. The molecule has 0 fully saturated rings. The van der Waals surface area contributed by atoms with Gasteiger partial charge in [-0.3, -0.25) is 4.98 Å². The molecule has 0 aliphatic rings. The molecule has 0 atom stereocenters. The molecule has 1 aromatic heterocycles. The van der Waals surface area contributed by atoms with E-state index in [1.54, 1.807) is 0 Å². The van der Waals surface area contributed by atoms with Gasteiger partial charge in [-0.15, -0.1) is 0 Å². The topological polar surface area (TPSA) is 12.9 Å². The minimum absolute atomic E-state index is 0.526. The predicted octanol–water partition coefficient (Wildman–Crippen LogP) is 3.64. The van der Waals surface area contributed by atoms with Gasteiger partial charge in [-0.2, -0.15) is 0 Å². The van der Waals surface area contributed by atoms with E-state index in [1.165, 1.54) is 17.0 Å². The van der Waals surface area contributed by atoms with Crippen molar-refractivity contribution in [2.75, 3.05) is 0 Å². The molecule has 0 amide bonds. The third-order valence-electron chi connectivity index (χ3n) is 2.30. The van der Waals surface area contributed by atoms with Gasteiger partial charge in [0.05, 0.1) is 0 Å². The molecule has 1 aromatic rings. The zero-order valence-corrected chi connectivity index (χ0v) is 9.26. The van der Waals surface area contributed by atoms with Crippen molar-refractivity contribution in [1.82, 2.24) is 4.98 Å². The molecule has 1 rings (SSSR count). The Labute approximate surface area is 81.2 Å². The summed E-state index contributed by atoms with van der Waals surface area (Å²) < 4.78 is 0. The van der Waals surface area contributed by atoms with Crippen LogP contribution in [0.1, 0.15) is 56.5 Å². The van der Waals surface area contributed by atoms with E-state index in [-0.39, 0.29) is 0 Å². The van der Waals surface area contributed by atoms with Crippen LogP contribution in [0.5, 0.6) is 0 Å². The fraction of sp³-hybridized carbons (Fsp3) is 0.583. The van der Waals surface area contributed by atoms with Crippen LogP contribution in [0.3, 0.4) is 0 Å². The zero-order valence-electron chi connectivity index (χ0n) is 9.26. The standard InChI is InChI=1S/C12H19N/c1-8(2)11-7-6-10(5)12(13-11)9(3)4/h6-9H,1-5H3. The molecule has 0 saturated heterocycles. The molecular formula is C12H19N. The Morgan fingerprint density at radius 2 is 1.62 bits per heavy atom. The number of pyridine rings is 1. The first-order valence-corrected chi connectivity index (χ1v) is 4.99. The lowest BCUT2D eigenvalue weighted by Crippen LogP contribution is -2.01. The van der Waals surface area contributed by atoms with Crippen LogP contribution in [0.25, 0.3) is 0 Å². The van der Waals surface area contributed by atoms with Gasteiger partial charge in [0.25, 0.3) is 0 Å². The Morgan fingerprint density at radius 1 is 1.00 bits per heavy atom. The number of aryl methyl sites for hydroxylation is 1. The maximum Gasteiger partial charge on any atom is 0.0461 e. The van der Waals surface area contributed by atoms with Gasteiger partial charge >= 0.3 is 0 Å². The average Bonchev–Trinajstić information content (AvgIpc) is 2.04.